The molecule has 0 saturated heterocycles. The highest BCUT2D eigenvalue weighted by Gasteiger charge is 2.18. The molecule has 1 aliphatic carbocycles. The zero-order valence-corrected chi connectivity index (χ0v) is 6.88. The first-order valence-corrected chi connectivity index (χ1v) is 3.37. The Labute approximate surface area is 71.7 Å². The van der Waals surface area contributed by atoms with Crippen molar-refractivity contribution in [2.24, 2.45) is 11.7 Å². The lowest BCUT2D eigenvalue weighted by Crippen LogP contribution is -2.27. The van der Waals surface area contributed by atoms with E-state index < -0.39 is 12.0 Å². The fourth-order valence-corrected chi connectivity index (χ4v) is 0.648. The van der Waals surface area contributed by atoms with Crippen molar-refractivity contribution >= 4 is 18.4 Å². The quantitative estimate of drug-likeness (QED) is 0.627. The standard InChI is InChI=1S/C7H11NO2.ClH/c8-6(7(9)10)4-3-5-1-2-5;/h3-6H,1-2,8H2,(H,9,10);1H/t6-;/m0./s1. The van der Waals surface area contributed by atoms with Gasteiger partial charge in [-0.1, -0.05) is 12.2 Å². The third-order valence-corrected chi connectivity index (χ3v) is 1.50. The predicted octanol–water partition coefficient (Wildman–Crippen LogP) is 0.786. The first-order valence-electron chi connectivity index (χ1n) is 3.37. The van der Waals surface area contributed by atoms with E-state index in [0.29, 0.717) is 5.92 Å². The van der Waals surface area contributed by atoms with Crippen LogP contribution in [-0.2, 0) is 4.79 Å². The minimum Gasteiger partial charge on any atom is -0.480 e. The Morgan fingerprint density at radius 2 is 2.18 bits per heavy atom. The zero-order valence-electron chi connectivity index (χ0n) is 6.06. The topological polar surface area (TPSA) is 63.3 Å². The van der Waals surface area contributed by atoms with Gasteiger partial charge in [0.15, 0.2) is 0 Å². The van der Waals surface area contributed by atoms with Crippen LogP contribution in [0.3, 0.4) is 0 Å². The van der Waals surface area contributed by atoms with Crippen LogP contribution in [0, 0.1) is 5.92 Å². The van der Waals surface area contributed by atoms with E-state index in [2.05, 4.69) is 0 Å². The summed E-state index contributed by atoms with van der Waals surface area (Å²) in [5.41, 5.74) is 5.21. The normalized spacial score (nSPS) is 19.4. The summed E-state index contributed by atoms with van der Waals surface area (Å²) in [5.74, 6) is -0.359. The summed E-state index contributed by atoms with van der Waals surface area (Å²) in [6.45, 7) is 0. The van der Waals surface area contributed by atoms with E-state index in [4.69, 9.17) is 10.8 Å². The van der Waals surface area contributed by atoms with Gasteiger partial charge in [0.1, 0.15) is 6.04 Å². The van der Waals surface area contributed by atoms with Gasteiger partial charge in [0, 0.05) is 0 Å². The number of carbonyl (C=O) groups is 1. The summed E-state index contributed by atoms with van der Waals surface area (Å²) in [5, 5.41) is 8.34. The molecule has 0 spiro atoms. The van der Waals surface area contributed by atoms with Gasteiger partial charge in [-0.2, -0.15) is 0 Å². The lowest BCUT2D eigenvalue weighted by atomic mass is 10.2. The molecule has 1 aliphatic rings. The van der Waals surface area contributed by atoms with E-state index >= 15 is 0 Å². The highest BCUT2D eigenvalue weighted by molar-refractivity contribution is 5.85. The van der Waals surface area contributed by atoms with Crippen LogP contribution in [0.2, 0.25) is 0 Å². The molecule has 1 saturated carbocycles. The monoisotopic (exact) mass is 177 g/mol. The molecule has 0 amide bonds. The number of halogens is 1. The molecular weight excluding hydrogens is 166 g/mol. The zero-order chi connectivity index (χ0) is 7.56. The van der Waals surface area contributed by atoms with E-state index in [1.165, 1.54) is 12.8 Å². The number of aliphatic carboxylic acids is 1. The molecule has 11 heavy (non-hydrogen) atoms. The third kappa shape index (κ3) is 4.01. The first-order chi connectivity index (χ1) is 4.70. The molecule has 0 aromatic carbocycles. The molecule has 1 fully saturated rings. The van der Waals surface area contributed by atoms with Gasteiger partial charge in [0.05, 0.1) is 0 Å². The largest absolute Gasteiger partial charge is 0.480 e. The molecule has 0 aliphatic heterocycles. The van der Waals surface area contributed by atoms with Crippen LogP contribution < -0.4 is 5.73 Å². The van der Waals surface area contributed by atoms with Gasteiger partial charge < -0.3 is 10.8 Å². The van der Waals surface area contributed by atoms with Crippen LogP contribution >= 0.6 is 12.4 Å². The van der Waals surface area contributed by atoms with Crippen molar-refractivity contribution < 1.29 is 9.90 Å². The number of hydrogen-bond acceptors (Lipinski definition) is 2. The van der Waals surface area contributed by atoms with Gasteiger partial charge in [-0.15, -0.1) is 12.4 Å². The summed E-state index contributed by atoms with van der Waals surface area (Å²) in [6.07, 6.45) is 5.81. The summed E-state index contributed by atoms with van der Waals surface area (Å²) in [7, 11) is 0. The van der Waals surface area contributed by atoms with Gasteiger partial charge in [-0.05, 0) is 18.8 Å². The molecule has 1 atom stereocenters. The number of allylic oxidation sites excluding steroid dienone is 1. The Morgan fingerprint density at radius 1 is 1.64 bits per heavy atom. The van der Waals surface area contributed by atoms with Crippen molar-refractivity contribution in [3.05, 3.63) is 12.2 Å². The highest BCUT2D eigenvalue weighted by Crippen LogP contribution is 2.29. The molecule has 1 rings (SSSR count). The molecule has 3 N–H and O–H groups in total. The van der Waals surface area contributed by atoms with Crippen LogP contribution in [0.15, 0.2) is 12.2 Å². The number of carboxylic acid groups (broad SMARTS) is 1. The van der Waals surface area contributed by atoms with Crippen LogP contribution in [0.5, 0.6) is 0 Å². The summed E-state index contributed by atoms with van der Waals surface area (Å²) < 4.78 is 0. The maximum Gasteiger partial charge on any atom is 0.324 e. The molecule has 64 valence electrons. The molecule has 3 nitrogen and oxygen atoms in total. The number of nitrogens with two attached hydrogens (primary N) is 1. The lowest BCUT2D eigenvalue weighted by molar-refractivity contribution is -0.137. The van der Waals surface area contributed by atoms with Crippen LogP contribution in [0.25, 0.3) is 0 Å². The highest BCUT2D eigenvalue weighted by atomic mass is 35.5. The van der Waals surface area contributed by atoms with E-state index in [-0.39, 0.29) is 12.4 Å². The molecule has 0 unspecified atom stereocenters. The van der Waals surface area contributed by atoms with Crippen LogP contribution in [0.4, 0.5) is 0 Å². The average molecular weight is 178 g/mol. The molecule has 0 radical (unpaired) electrons. The number of carboxylic acids is 1. The second-order valence-corrected chi connectivity index (χ2v) is 2.59. The van der Waals surface area contributed by atoms with Gasteiger partial charge in [0.2, 0.25) is 0 Å². The summed E-state index contributed by atoms with van der Waals surface area (Å²) in [6, 6.07) is -0.819. The Hall–Kier alpha value is -0.540. The van der Waals surface area contributed by atoms with Gasteiger partial charge in [-0.3, -0.25) is 4.79 Å². The molecule has 0 bridgehead atoms. The molecule has 4 heteroatoms. The third-order valence-electron chi connectivity index (χ3n) is 1.50. The van der Waals surface area contributed by atoms with Gasteiger partial charge >= 0.3 is 5.97 Å². The first kappa shape index (κ1) is 10.5. The molecule has 0 aromatic heterocycles. The predicted molar refractivity (Wildman–Crippen MR) is 44.7 cm³/mol. The Balaban J connectivity index is 0.000001000. The summed E-state index contributed by atoms with van der Waals surface area (Å²) in [4.78, 5) is 10.2. The number of hydrogen-bond donors (Lipinski definition) is 2. The van der Waals surface area contributed by atoms with Crippen molar-refractivity contribution in [1.82, 2.24) is 0 Å². The minimum atomic E-state index is -0.961. The second kappa shape index (κ2) is 4.36. The van der Waals surface area contributed by atoms with E-state index in [1.807, 2.05) is 6.08 Å². The fraction of sp³-hybridized carbons (Fsp3) is 0.571. The van der Waals surface area contributed by atoms with Crippen molar-refractivity contribution in [2.75, 3.05) is 0 Å². The maximum atomic E-state index is 10.2. The lowest BCUT2D eigenvalue weighted by Gasteiger charge is -1.95. The Kier molecular flexibility index (Phi) is 4.15. The van der Waals surface area contributed by atoms with Gasteiger partial charge in [0.25, 0.3) is 0 Å². The van der Waals surface area contributed by atoms with Gasteiger partial charge in [-0.25, -0.2) is 0 Å². The minimum absolute atomic E-state index is 0. The fourth-order valence-electron chi connectivity index (χ4n) is 0.648. The van der Waals surface area contributed by atoms with Crippen molar-refractivity contribution in [1.29, 1.82) is 0 Å². The maximum absolute atomic E-state index is 10.2. The molecule has 0 heterocycles. The van der Waals surface area contributed by atoms with E-state index in [1.54, 1.807) is 6.08 Å². The Morgan fingerprint density at radius 3 is 2.55 bits per heavy atom. The second-order valence-electron chi connectivity index (χ2n) is 2.59. The smallest absolute Gasteiger partial charge is 0.324 e. The van der Waals surface area contributed by atoms with Crippen molar-refractivity contribution in [3.8, 4) is 0 Å². The van der Waals surface area contributed by atoms with Crippen LogP contribution in [0.1, 0.15) is 12.8 Å². The van der Waals surface area contributed by atoms with E-state index in [0.717, 1.165) is 0 Å². The average Bonchev–Trinajstić information content (AvgIpc) is 2.64. The Bertz CT molecular complexity index is 166. The molecular formula is C7H12ClNO2. The van der Waals surface area contributed by atoms with Crippen molar-refractivity contribution in [2.45, 2.75) is 18.9 Å². The van der Waals surface area contributed by atoms with Crippen LogP contribution in [-0.4, -0.2) is 17.1 Å². The van der Waals surface area contributed by atoms with E-state index in [9.17, 15) is 4.79 Å². The SMILES string of the molecule is Cl.N[C@@H](C=CC1CC1)C(=O)O. The summed E-state index contributed by atoms with van der Waals surface area (Å²) >= 11 is 0. The molecule has 0 aromatic rings. The van der Waals surface area contributed by atoms with Crippen molar-refractivity contribution in [3.63, 3.8) is 0 Å². The number of rotatable bonds is 3.